The van der Waals surface area contributed by atoms with Crippen LogP contribution in [0.2, 0.25) is 0 Å². The van der Waals surface area contributed by atoms with Crippen molar-refractivity contribution in [3.8, 4) is 0 Å². The number of imidazole rings is 1. The van der Waals surface area contributed by atoms with Gasteiger partial charge in [0.05, 0.1) is 0 Å². The van der Waals surface area contributed by atoms with Gasteiger partial charge in [0, 0.05) is 63.6 Å². The minimum atomic E-state index is 0.263. The first-order chi connectivity index (χ1) is 13.0. The maximum Gasteiger partial charge on any atom is 0.222 e. The van der Waals surface area contributed by atoms with Gasteiger partial charge >= 0.3 is 0 Å². The van der Waals surface area contributed by atoms with E-state index in [2.05, 4.69) is 58.8 Å². The first-order valence-electron chi connectivity index (χ1n) is 10.0. The number of aryl methyl sites for hydroxylation is 1. The lowest BCUT2D eigenvalue weighted by molar-refractivity contribution is -0.132. The molecule has 1 aromatic heterocycles. The van der Waals surface area contributed by atoms with Gasteiger partial charge in [-0.1, -0.05) is 12.1 Å². The molecular formula is C22H32N4O. The quantitative estimate of drug-likeness (QED) is 0.777. The first-order valence-corrected chi connectivity index (χ1v) is 10.0. The predicted molar refractivity (Wildman–Crippen MR) is 110 cm³/mol. The van der Waals surface area contributed by atoms with Crippen molar-refractivity contribution in [1.29, 1.82) is 0 Å². The Bertz CT molecular complexity index is 748. The molecule has 2 heterocycles. The van der Waals surface area contributed by atoms with Crippen LogP contribution in [0.5, 0.6) is 0 Å². The van der Waals surface area contributed by atoms with Crippen molar-refractivity contribution < 1.29 is 4.79 Å². The number of aromatic nitrogens is 2. The second-order valence-corrected chi connectivity index (χ2v) is 8.03. The maximum absolute atomic E-state index is 12.8. The van der Waals surface area contributed by atoms with E-state index in [1.165, 1.54) is 11.3 Å². The molecule has 0 saturated carbocycles. The third-order valence-electron chi connectivity index (χ3n) is 5.47. The standard InChI is InChI=1S/C22H32N4O/c1-17(2)26-15-13-23-22(26)19-6-5-14-25(16-19)21(27)12-9-18-7-10-20(11-8-18)24(3)4/h7-8,10-11,13,15,17,19H,5-6,9,12,14,16H2,1-4H3/t19-/m1/s1. The van der Waals surface area contributed by atoms with Gasteiger partial charge in [-0.15, -0.1) is 0 Å². The number of piperidine rings is 1. The van der Waals surface area contributed by atoms with Gasteiger partial charge in [-0.3, -0.25) is 4.79 Å². The smallest absolute Gasteiger partial charge is 0.222 e. The number of carbonyl (C=O) groups excluding carboxylic acids is 1. The van der Waals surface area contributed by atoms with E-state index in [4.69, 9.17) is 0 Å². The second kappa shape index (κ2) is 8.59. The summed E-state index contributed by atoms with van der Waals surface area (Å²) in [5.41, 5.74) is 2.41. The van der Waals surface area contributed by atoms with Crippen LogP contribution in [0, 0.1) is 0 Å². The van der Waals surface area contributed by atoms with Crippen molar-refractivity contribution in [1.82, 2.24) is 14.5 Å². The lowest BCUT2D eigenvalue weighted by Gasteiger charge is -2.33. The molecule has 5 nitrogen and oxygen atoms in total. The molecule has 1 amide bonds. The van der Waals surface area contributed by atoms with Crippen LogP contribution < -0.4 is 4.90 Å². The average molecular weight is 369 g/mol. The fraction of sp³-hybridized carbons (Fsp3) is 0.545. The summed E-state index contributed by atoms with van der Waals surface area (Å²) >= 11 is 0. The van der Waals surface area contributed by atoms with Crippen molar-refractivity contribution >= 4 is 11.6 Å². The summed E-state index contributed by atoms with van der Waals surface area (Å²) in [6.45, 7) is 6.02. The lowest BCUT2D eigenvalue weighted by Crippen LogP contribution is -2.40. The number of hydrogen-bond acceptors (Lipinski definition) is 3. The lowest BCUT2D eigenvalue weighted by atomic mass is 9.96. The number of hydrogen-bond donors (Lipinski definition) is 0. The molecule has 0 spiro atoms. The van der Waals surface area contributed by atoms with Crippen LogP contribution >= 0.6 is 0 Å². The largest absolute Gasteiger partial charge is 0.378 e. The number of benzene rings is 1. The number of anilines is 1. The summed E-state index contributed by atoms with van der Waals surface area (Å²) in [6.07, 6.45) is 7.48. The molecule has 0 unspecified atom stereocenters. The number of rotatable bonds is 6. The van der Waals surface area contributed by atoms with Crippen molar-refractivity contribution in [2.24, 2.45) is 0 Å². The summed E-state index contributed by atoms with van der Waals surface area (Å²) in [6, 6.07) is 8.88. The monoisotopic (exact) mass is 368 g/mol. The Morgan fingerprint density at radius 3 is 2.67 bits per heavy atom. The topological polar surface area (TPSA) is 41.4 Å². The minimum absolute atomic E-state index is 0.263. The van der Waals surface area contributed by atoms with E-state index in [1.807, 2.05) is 25.2 Å². The van der Waals surface area contributed by atoms with Crippen molar-refractivity contribution in [3.63, 3.8) is 0 Å². The second-order valence-electron chi connectivity index (χ2n) is 8.03. The van der Waals surface area contributed by atoms with Crippen LogP contribution in [0.1, 0.15) is 56.5 Å². The van der Waals surface area contributed by atoms with Gasteiger partial charge < -0.3 is 14.4 Å². The molecule has 27 heavy (non-hydrogen) atoms. The van der Waals surface area contributed by atoms with E-state index in [0.717, 1.165) is 38.2 Å². The van der Waals surface area contributed by atoms with Crippen molar-refractivity contribution in [3.05, 3.63) is 48.0 Å². The summed E-state index contributed by atoms with van der Waals surface area (Å²) in [5.74, 6) is 1.74. The molecule has 1 atom stereocenters. The Balaban J connectivity index is 1.57. The highest BCUT2D eigenvalue weighted by Crippen LogP contribution is 2.28. The first kappa shape index (κ1) is 19.5. The highest BCUT2D eigenvalue weighted by atomic mass is 16.2. The fourth-order valence-corrected chi connectivity index (χ4v) is 3.86. The fourth-order valence-electron chi connectivity index (χ4n) is 3.86. The van der Waals surface area contributed by atoms with Crippen LogP contribution in [-0.4, -0.2) is 47.5 Å². The molecule has 1 aromatic carbocycles. The number of likely N-dealkylation sites (tertiary alicyclic amines) is 1. The Labute approximate surface area is 163 Å². The van der Waals surface area contributed by atoms with Crippen LogP contribution in [-0.2, 0) is 11.2 Å². The van der Waals surface area contributed by atoms with E-state index >= 15 is 0 Å². The SMILES string of the molecule is CC(C)n1ccnc1[C@@H]1CCCN(C(=O)CCc2ccc(N(C)C)cc2)C1. The molecule has 0 radical (unpaired) electrons. The van der Waals surface area contributed by atoms with E-state index in [1.54, 1.807) is 0 Å². The third kappa shape index (κ3) is 4.71. The van der Waals surface area contributed by atoms with Gasteiger partial charge in [-0.05, 0) is 50.8 Å². The summed E-state index contributed by atoms with van der Waals surface area (Å²) < 4.78 is 2.24. The molecule has 2 aromatic rings. The normalized spacial score (nSPS) is 17.4. The zero-order valence-electron chi connectivity index (χ0n) is 17.1. The van der Waals surface area contributed by atoms with Gasteiger partial charge in [-0.25, -0.2) is 4.98 Å². The molecule has 1 saturated heterocycles. The maximum atomic E-state index is 12.8. The molecule has 1 aliphatic rings. The molecule has 5 heteroatoms. The number of carbonyl (C=O) groups is 1. The van der Waals surface area contributed by atoms with Gasteiger partial charge in [0.2, 0.25) is 5.91 Å². The summed E-state index contributed by atoms with van der Waals surface area (Å²) in [4.78, 5) is 21.5. The van der Waals surface area contributed by atoms with E-state index in [-0.39, 0.29) is 5.91 Å². The zero-order valence-corrected chi connectivity index (χ0v) is 17.1. The van der Waals surface area contributed by atoms with Gasteiger partial charge in [0.25, 0.3) is 0 Å². The molecular weight excluding hydrogens is 336 g/mol. The average Bonchev–Trinajstić information content (AvgIpc) is 3.17. The molecule has 0 N–H and O–H groups in total. The van der Waals surface area contributed by atoms with Crippen LogP contribution in [0.15, 0.2) is 36.7 Å². The van der Waals surface area contributed by atoms with Crippen molar-refractivity contribution in [2.45, 2.75) is 51.5 Å². The van der Waals surface area contributed by atoms with E-state index < -0.39 is 0 Å². The molecule has 0 aliphatic carbocycles. The molecule has 1 aliphatic heterocycles. The molecule has 1 fully saturated rings. The Hall–Kier alpha value is -2.30. The number of amides is 1. The Morgan fingerprint density at radius 1 is 1.26 bits per heavy atom. The summed E-state index contributed by atoms with van der Waals surface area (Å²) in [7, 11) is 4.08. The van der Waals surface area contributed by atoms with Crippen LogP contribution in [0.25, 0.3) is 0 Å². The Kier molecular flexibility index (Phi) is 6.19. The highest BCUT2D eigenvalue weighted by molar-refractivity contribution is 5.76. The zero-order chi connectivity index (χ0) is 19.4. The molecule has 0 bridgehead atoms. The van der Waals surface area contributed by atoms with E-state index in [0.29, 0.717) is 18.4 Å². The third-order valence-corrected chi connectivity index (χ3v) is 5.47. The van der Waals surface area contributed by atoms with Crippen LogP contribution in [0.3, 0.4) is 0 Å². The van der Waals surface area contributed by atoms with Crippen molar-refractivity contribution in [2.75, 3.05) is 32.1 Å². The van der Waals surface area contributed by atoms with Gasteiger partial charge in [0.1, 0.15) is 5.82 Å². The van der Waals surface area contributed by atoms with Gasteiger partial charge in [-0.2, -0.15) is 0 Å². The van der Waals surface area contributed by atoms with E-state index in [9.17, 15) is 4.79 Å². The minimum Gasteiger partial charge on any atom is -0.378 e. The van der Waals surface area contributed by atoms with Crippen LogP contribution in [0.4, 0.5) is 5.69 Å². The number of nitrogens with zero attached hydrogens (tertiary/aromatic N) is 4. The van der Waals surface area contributed by atoms with Gasteiger partial charge in [0.15, 0.2) is 0 Å². The summed E-state index contributed by atoms with van der Waals surface area (Å²) in [5, 5.41) is 0. The predicted octanol–water partition coefficient (Wildman–Crippen LogP) is 3.87. The Morgan fingerprint density at radius 2 is 2.00 bits per heavy atom. The highest BCUT2D eigenvalue weighted by Gasteiger charge is 2.27. The molecule has 3 rings (SSSR count). The molecule has 146 valence electrons.